The van der Waals surface area contributed by atoms with Gasteiger partial charge in [-0.05, 0) is 38.2 Å². The van der Waals surface area contributed by atoms with Crippen LogP contribution >= 0.6 is 11.8 Å². The molecule has 2 nitrogen and oxygen atoms in total. The average molecular weight is 271 g/mol. The molecular formula is C16H17NOS. The molecular weight excluding hydrogens is 254 g/mol. The van der Waals surface area contributed by atoms with Crippen LogP contribution in [-0.4, -0.2) is 22.6 Å². The number of rotatable bonds is 0. The Morgan fingerprint density at radius 2 is 2.00 bits per heavy atom. The SMILES string of the molecule is CSC1=NC(C)(C)CC12C=CC(=O)c1ccccc12. The number of thioether (sulfide) groups is 1. The van der Waals surface area contributed by atoms with Crippen LogP contribution in [0.2, 0.25) is 0 Å². The molecule has 0 amide bonds. The van der Waals surface area contributed by atoms with E-state index in [1.165, 1.54) is 0 Å². The number of carbonyl (C=O) groups is 1. The molecule has 3 rings (SSSR count). The van der Waals surface area contributed by atoms with Crippen LogP contribution in [0.15, 0.2) is 41.4 Å². The molecule has 1 unspecified atom stereocenters. The van der Waals surface area contributed by atoms with Crippen molar-refractivity contribution in [2.24, 2.45) is 4.99 Å². The van der Waals surface area contributed by atoms with Crippen molar-refractivity contribution in [2.45, 2.75) is 31.2 Å². The van der Waals surface area contributed by atoms with E-state index in [2.05, 4.69) is 32.2 Å². The predicted molar refractivity (Wildman–Crippen MR) is 81.2 cm³/mol. The van der Waals surface area contributed by atoms with Crippen molar-refractivity contribution in [1.82, 2.24) is 0 Å². The number of nitrogens with zero attached hydrogens (tertiary/aromatic N) is 1. The molecule has 98 valence electrons. The molecule has 0 saturated carbocycles. The summed E-state index contributed by atoms with van der Waals surface area (Å²) in [4.78, 5) is 16.9. The number of allylic oxidation sites excluding steroid dienone is 2. The van der Waals surface area contributed by atoms with Crippen LogP contribution in [0.3, 0.4) is 0 Å². The number of aliphatic imine (C=N–C) groups is 1. The van der Waals surface area contributed by atoms with Crippen LogP contribution in [0, 0.1) is 0 Å². The summed E-state index contributed by atoms with van der Waals surface area (Å²) in [6.07, 6.45) is 6.77. The molecule has 1 spiro atoms. The smallest absolute Gasteiger partial charge is 0.185 e. The highest BCUT2D eigenvalue weighted by Gasteiger charge is 2.48. The number of hydrogen-bond acceptors (Lipinski definition) is 3. The minimum atomic E-state index is -0.201. The molecule has 1 aliphatic carbocycles. The topological polar surface area (TPSA) is 29.4 Å². The van der Waals surface area contributed by atoms with Crippen molar-refractivity contribution in [3.63, 3.8) is 0 Å². The van der Waals surface area contributed by atoms with Crippen molar-refractivity contribution in [3.05, 3.63) is 47.5 Å². The van der Waals surface area contributed by atoms with Crippen LogP contribution in [0.25, 0.3) is 0 Å². The Labute approximate surface area is 118 Å². The van der Waals surface area contributed by atoms with Crippen LogP contribution < -0.4 is 0 Å². The highest BCUT2D eigenvalue weighted by Crippen LogP contribution is 2.48. The lowest BCUT2D eigenvalue weighted by Gasteiger charge is -2.33. The fourth-order valence-corrected chi connectivity index (χ4v) is 4.18. The van der Waals surface area contributed by atoms with E-state index in [1.54, 1.807) is 17.8 Å². The largest absolute Gasteiger partial charge is 0.289 e. The second-order valence-corrected chi connectivity index (χ2v) is 6.62. The molecule has 0 N–H and O–H groups in total. The molecule has 1 aromatic carbocycles. The Kier molecular flexibility index (Phi) is 2.72. The Morgan fingerprint density at radius 3 is 2.74 bits per heavy atom. The third-order valence-electron chi connectivity index (χ3n) is 3.88. The third kappa shape index (κ3) is 1.79. The normalized spacial score (nSPS) is 27.5. The standard InChI is InChI=1S/C16H17NOS/c1-15(2)10-16(14(17-15)19-3)9-8-13(18)11-6-4-5-7-12(11)16/h4-9H,10H2,1-3H3. The summed E-state index contributed by atoms with van der Waals surface area (Å²) in [5, 5.41) is 1.12. The second-order valence-electron chi connectivity index (χ2n) is 5.82. The van der Waals surface area contributed by atoms with Crippen LogP contribution in [0.4, 0.5) is 0 Å². The predicted octanol–water partition coefficient (Wildman–Crippen LogP) is 3.62. The molecule has 0 fully saturated rings. The molecule has 1 atom stereocenters. The van der Waals surface area contributed by atoms with Crippen molar-refractivity contribution < 1.29 is 4.79 Å². The fourth-order valence-electron chi connectivity index (χ4n) is 3.23. The van der Waals surface area contributed by atoms with Gasteiger partial charge in [-0.25, -0.2) is 0 Å². The average Bonchev–Trinajstić information content (AvgIpc) is 2.66. The highest BCUT2D eigenvalue weighted by atomic mass is 32.2. The van der Waals surface area contributed by atoms with Gasteiger partial charge in [0.25, 0.3) is 0 Å². The zero-order chi connectivity index (χ0) is 13.7. The van der Waals surface area contributed by atoms with Gasteiger partial charge in [-0.3, -0.25) is 9.79 Å². The van der Waals surface area contributed by atoms with Crippen LogP contribution in [-0.2, 0) is 5.41 Å². The maximum Gasteiger partial charge on any atom is 0.185 e. The van der Waals surface area contributed by atoms with Gasteiger partial charge in [0, 0.05) is 5.56 Å². The van der Waals surface area contributed by atoms with Gasteiger partial charge >= 0.3 is 0 Å². The first-order valence-corrected chi connectivity index (χ1v) is 7.68. The lowest BCUT2D eigenvalue weighted by atomic mass is 9.70. The van der Waals surface area contributed by atoms with E-state index < -0.39 is 0 Å². The Hall–Kier alpha value is -1.35. The zero-order valence-corrected chi connectivity index (χ0v) is 12.3. The van der Waals surface area contributed by atoms with Gasteiger partial charge in [0.15, 0.2) is 5.78 Å². The van der Waals surface area contributed by atoms with E-state index in [4.69, 9.17) is 4.99 Å². The summed E-state index contributed by atoms with van der Waals surface area (Å²) in [6, 6.07) is 7.94. The number of fused-ring (bicyclic) bond motifs is 2. The summed E-state index contributed by atoms with van der Waals surface area (Å²) in [6.45, 7) is 4.32. The van der Waals surface area contributed by atoms with E-state index in [-0.39, 0.29) is 16.7 Å². The quantitative estimate of drug-likeness (QED) is 0.721. The van der Waals surface area contributed by atoms with E-state index >= 15 is 0 Å². The minimum Gasteiger partial charge on any atom is -0.289 e. The lowest BCUT2D eigenvalue weighted by molar-refractivity contribution is 0.104. The first-order chi connectivity index (χ1) is 8.98. The van der Waals surface area contributed by atoms with E-state index in [0.29, 0.717) is 0 Å². The molecule has 3 heteroatoms. The molecule has 1 heterocycles. The Bertz CT molecular complexity index is 615. The van der Waals surface area contributed by atoms with E-state index in [1.807, 2.05) is 18.2 Å². The molecule has 0 saturated heterocycles. The van der Waals surface area contributed by atoms with Crippen LogP contribution in [0.5, 0.6) is 0 Å². The second kappa shape index (κ2) is 4.07. The van der Waals surface area contributed by atoms with Gasteiger partial charge in [-0.15, -0.1) is 11.8 Å². The fraction of sp³-hybridized carbons (Fsp3) is 0.375. The number of carbonyl (C=O) groups excluding carboxylic acids is 1. The van der Waals surface area contributed by atoms with Crippen molar-refractivity contribution in [3.8, 4) is 0 Å². The number of benzene rings is 1. The van der Waals surface area contributed by atoms with E-state index in [0.717, 1.165) is 22.6 Å². The minimum absolute atomic E-state index is 0.0732. The van der Waals surface area contributed by atoms with Gasteiger partial charge in [0.1, 0.15) is 0 Å². The lowest BCUT2D eigenvalue weighted by Crippen LogP contribution is -2.35. The van der Waals surface area contributed by atoms with Gasteiger partial charge in [0.05, 0.1) is 16.0 Å². The first-order valence-electron chi connectivity index (χ1n) is 6.46. The van der Waals surface area contributed by atoms with Crippen molar-refractivity contribution >= 4 is 22.6 Å². The Morgan fingerprint density at radius 1 is 1.26 bits per heavy atom. The molecule has 0 radical (unpaired) electrons. The maximum atomic E-state index is 12.0. The van der Waals surface area contributed by atoms with Gasteiger partial charge in [-0.2, -0.15) is 0 Å². The molecule has 1 aromatic rings. The van der Waals surface area contributed by atoms with Gasteiger partial charge < -0.3 is 0 Å². The first kappa shape index (κ1) is 12.7. The monoisotopic (exact) mass is 271 g/mol. The summed E-state index contributed by atoms with van der Waals surface area (Å²) in [7, 11) is 0. The zero-order valence-electron chi connectivity index (χ0n) is 11.4. The number of hydrogen-bond donors (Lipinski definition) is 0. The molecule has 19 heavy (non-hydrogen) atoms. The van der Waals surface area contributed by atoms with Crippen molar-refractivity contribution in [2.75, 3.05) is 6.26 Å². The number of ketones is 1. The molecule has 2 aliphatic rings. The summed E-state index contributed by atoms with van der Waals surface area (Å²) in [5.74, 6) is 0.103. The third-order valence-corrected chi connectivity index (χ3v) is 4.73. The maximum absolute atomic E-state index is 12.0. The van der Waals surface area contributed by atoms with Gasteiger partial charge in [0.2, 0.25) is 0 Å². The summed E-state index contributed by atoms with van der Waals surface area (Å²) in [5.41, 5.74) is 1.66. The highest BCUT2D eigenvalue weighted by molar-refractivity contribution is 8.13. The van der Waals surface area contributed by atoms with Gasteiger partial charge in [-0.1, -0.05) is 30.3 Å². The molecule has 1 aliphatic heterocycles. The molecule has 0 aromatic heterocycles. The van der Waals surface area contributed by atoms with Crippen molar-refractivity contribution in [1.29, 1.82) is 0 Å². The van der Waals surface area contributed by atoms with E-state index in [9.17, 15) is 4.79 Å². The Balaban J connectivity index is 2.24. The summed E-state index contributed by atoms with van der Waals surface area (Å²) < 4.78 is 0. The summed E-state index contributed by atoms with van der Waals surface area (Å²) >= 11 is 1.69. The molecule has 0 bridgehead atoms. The van der Waals surface area contributed by atoms with Crippen LogP contribution in [0.1, 0.15) is 36.2 Å².